The minimum Gasteiger partial charge on any atom is -0.384 e. The van der Waals surface area contributed by atoms with Crippen molar-refractivity contribution in [3.63, 3.8) is 0 Å². The lowest BCUT2D eigenvalue weighted by atomic mass is 9.87. The van der Waals surface area contributed by atoms with Crippen molar-refractivity contribution in [1.29, 1.82) is 0 Å². The summed E-state index contributed by atoms with van der Waals surface area (Å²) in [6.07, 6.45) is 6.15. The summed E-state index contributed by atoms with van der Waals surface area (Å²) >= 11 is 0. The Morgan fingerprint density at radius 3 is 2.41 bits per heavy atom. The van der Waals surface area contributed by atoms with Gasteiger partial charge in [-0.2, -0.15) is 0 Å². The van der Waals surface area contributed by atoms with E-state index in [-0.39, 0.29) is 17.2 Å². The molecule has 0 saturated heterocycles. The molecule has 0 amide bonds. The molecule has 0 radical (unpaired) electrons. The van der Waals surface area contributed by atoms with E-state index in [1.165, 1.54) is 31.9 Å². The van der Waals surface area contributed by atoms with E-state index in [1.807, 2.05) is 6.92 Å². The predicted octanol–water partition coefficient (Wildman–Crippen LogP) is 1.22. The van der Waals surface area contributed by atoms with Crippen LogP contribution in [-0.4, -0.2) is 46.7 Å². The maximum absolute atomic E-state index is 11.2. The van der Waals surface area contributed by atoms with E-state index in [0.717, 1.165) is 13.2 Å². The maximum Gasteiger partial charge on any atom is 0.148 e. The lowest BCUT2D eigenvalue weighted by Gasteiger charge is -2.30. The average Bonchev–Trinajstić information content (AvgIpc) is 2.62. The van der Waals surface area contributed by atoms with Crippen molar-refractivity contribution in [1.82, 2.24) is 5.32 Å². The number of hydrogen-bond donors (Lipinski definition) is 1. The van der Waals surface area contributed by atoms with Crippen LogP contribution in [0.1, 0.15) is 32.6 Å². The van der Waals surface area contributed by atoms with Crippen LogP contribution in [0.2, 0.25) is 0 Å². The van der Waals surface area contributed by atoms with Gasteiger partial charge in [-0.05, 0) is 19.8 Å². The second-order valence-electron chi connectivity index (χ2n) is 5.51. The van der Waals surface area contributed by atoms with Crippen molar-refractivity contribution in [2.75, 3.05) is 32.3 Å². The van der Waals surface area contributed by atoms with E-state index < -0.39 is 9.84 Å². The van der Waals surface area contributed by atoms with Crippen LogP contribution >= 0.6 is 0 Å². The molecular formula is C12H25NO3S. The van der Waals surface area contributed by atoms with E-state index in [0.29, 0.717) is 0 Å². The fraction of sp³-hybridized carbons (Fsp3) is 1.00. The zero-order valence-electron chi connectivity index (χ0n) is 11.2. The number of nitrogens with one attached hydrogen (secondary N) is 1. The van der Waals surface area contributed by atoms with Gasteiger partial charge in [0.05, 0.1) is 12.4 Å². The monoisotopic (exact) mass is 263 g/mol. The summed E-state index contributed by atoms with van der Waals surface area (Å²) in [5.74, 6) is 0.204. The molecule has 0 bridgehead atoms. The van der Waals surface area contributed by atoms with Gasteiger partial charge in [0.1, 0.15) is 9.84 Å². The lowest BCUT2D eigenvalue weighted by molar-refractivity contribution is 0.0813. The quantitative estimate of drug-likeness (QED) is 0.750. The number of sulfone groups is 1. The second-order valence-corrected chi connectivity index (χ2v) is 7.70. The molecule has 17 heavy (non-hydrogen) atoms. The highest BCUT2D eigenvalue weighted by molar-refractivity contribution is 7.90. The van der Waals surface area contributed by atoms with Gasteiger partial charge in [0.2, 0.25) is 0 Å². The Morgan fingerprint density at radius 1 is 1.35 bits per heavy atom. The molecule has 1 aliphatic carbocycles. The fourth-order valence-electron chi connectivity index (χ4n) is 2.71. The third-order valence-electron chi connectivity index (χ3n) is 3.49. The first-order chi connectivity index (χ1) is 7.87. The van der Waals surface area contributed by atoms with Crippen LogP contribution in [0.15, 0.2) is 0 Å². The minimum atomic E-state index is -2.89. The molecule has 0 aliphatic heterocycles. The number of rotatable bonds is 7. The summed E-state index contributed by atoms with van der Waals surface area (Å²) in [6.45, 7) is 3.56. The van der Waals surface area contributed by atoms with Crippen molar-refractivity contribution in [3.05, 3.63) is 0 Å². The van der Waals surface area contributed by atoms with Gasteiger partial charge in [0, 0.05) is 31.4 Å². The third-order valence-corrected chi connectivity index (χ3v) is 4.60. The van der Waals surface area contributed by atoms with Gasteiger partial charge >= 0.3 is 0 Å². The predicted molar refractivity (Wildman–Crippen MR) is 70.0 cm³/mol. The van der Waals surface area contributed by atoms with Crippen molar-refractivity contribution < 1.29 is 13.2 Å². The Hall–Kier alpha value is -0.130. The Labute approximate surface area is 105 Å². The molecule has 1 unspecified atom stereocenters. The molecule has 1 N–H and O–H groups in total. The van der Waals surface area contributed by atoms with E-state index in [9.17, 15) is 8.42 Å². The molecule has 1 saturated carbocycles. The normalized spacial score (nSPS) is 21.6. The molecule has 1 fully saturated rings. The van der Waals surface area contributed by atoms with Gasteiger partial charge < -0.3 is 10.1 Å². The van der Waals surface area contributed by atoms with E-state index in [2.05, 4.69) is 5.32 Å². The average molecular weight is 263 g/mol. The molecule has 0 aromatic rings. The van der Waals surface area contributed by atoms with E-state index >= 15 is 0 Å². The first-order valence-corrected chi connectivity index (χ1v) is 8.33. The van der Waals surface area contributed by atoms with Crippen LogP contribution < -0.4 is 5.32 Å². The van der Waals surface area contributed by atoms with Gasteiger partial charge in [0.25, 0.3) is 0 Å². The molecule has 0 spiro atoms. The first kappa shape index (κ1) is 14.9. The highest BCUT2D eigenvalue weighted by atomic mass is 32.2. The molecule has 0 heterocycles. The molecule has 102 valence electrons. The van der Waals surface area contributed by atoms with Crippen LogP contribution in [-0.2, 0) is 14.6 Å². The van der Waals surface area contributed by atoms with E-state index in [4.69, 9.17) is 4.74 Å². The van der Waals surface area contributed by atoms with Crippen LogP contribution in [0.5, 0.6) is 0 Å². The third kappa shape index (κ3) is 5.36. The Morgan fingerprint density at radius 2 is 1.94 bits per heavy atom. The van der Waals surface area contributed by atoms with Gasteiger partial charge in [0.15, 0.2) is 0 Å². The Kier molecular flexibility index (Phi) is 5.41. The largest absolute Gasteiger partial charge is 0.384 e. The zero-order valence-corrected chi connectivity index (χ0v) is 12.0. The SMILES string of the molecule is COCC1(CNC(C)CS(C)(=O)=O)CCCC1. The highest BCUT2D eigenvalue weighted by Gasteiger charge is 2.33. The number of ether oxygens (including phenoxy) is 1. The van der Waals surface area contributed by atoms with Crippen LogP contribution in [0, 0.1) is 5.41 Å². The Balaban J connectivity index is 2.42. The van der Waals surface area contributed by atoms with Gasteiger partial charge in [-0.3, -0.25) is 0 Å². The van der Waals surface area contributed by atoms with Crippen molar-refractivity contribution in [3.8, 4) is 0 Å². The highest BCUT2D eigenvalue weighted by Crippen LogP contribution is 2.37. The van der Waals surface area contributed by atoms with Gasteiger partial charge in [-0.1, -0.05) is 12.8 Å². The summed E-state index contributed by atoms with van der Waals surface area (Å²) < 4.78 is 27.7. The molecule has 4 nitrogen and oxygen atoms in total. The molecular weight excluding hydrogens is 238 g/mol. The van der Waals surface area contributed by atoms with Gasteiger partial charge in [-0.15, -0.1) is 0 Å². The molecule has 1 aliphatic rings. The first-order valence-electron chi connectivity index (χ1n) is 6.27. The molecule has 0 aromatic carbocycles. The van der Waals surface area contributed by atoms with Crippen molar-refractivity contribution >= 4 is 9.84 Å². The Bertz CT molecular complexity index is 321. The molecule has 5 heteroatoms. The summed E-state index contributed by atoms with van der Waals surface area (Å²) in [5, 5.41) is 3.35. The topological polar surface area (TPSA) is 55.4 Å². The van der Waals surface area contributed by atoms with Crippen molar-refractivity contribution in [2.24, 2.45) is 5.41 Å². The smallest absolute Gasteiger partial charge is 0.148 e. The van der Waals surface area contributed by atoms with Crippen LogP contribution in [0.3, 0.4) is 0 Å². The molecule has 1 atom stereocenters. The standard InChI is InChI=1S/C12H25NO3S/c1-11(8-17(3,14)15)13-9-12(10-16-2)6-4-5-7-12/h11,13H,4-10H2,1-3H3. The van der Waals surface area contributed by atoms with Crippen LogP contribution in [0.4, 0.5) is 0 Å². The summed E-state index contributed by atoms with van der Waals surface area (Å²) in [5.41, 5.74) is 0.223. The van der Waals surface area contributed by atoms with Crippen LogP contribution in [0.25, 0.3) is 0 Å². The fourth-order valence-corrected chi connectivity index (χ4v) is 3.73. The maximum atomic E-state index is 11.2. The minimum absolute atomic E-state index is 0.0133. The zero-order chi connectivity index (χ0) is 12.9. The molecule has 0 aromatic heterocycles. The summed E-state index contributed by atoms with van der Waals surface area (Å²) in [7, 11) is -1.16. The van der Waals surface area contributed by atoms with Gasteiger partial charge in [-0.25, -0.2) is 8.42 Å². The molecule has 1 rings (SSSR count). The second kappa shape index (κ2) is 6.16. The number of hydrogen-bond acceptors (Lipinski definition) is 4. The van der Waals surface area contributed by atoms with E-state index in [1.54, 1.807) is 7.11 Å². The lowest BCUT2D eigenvalue weighted by Crippen LogP contribution is -2.42. The summed E-state index contributed by atoms with van der Waals surface area (Å²) in [6, 6.07) is 0.0133. The number of methoxy groups -OCH3 is 1. The summed E-state index contributed by atoms with van der Waals surface area (Å²) in [4.78, 5) is 0. The van der Waals surface area contributed by atoms with Crippen molar-refractivity contribution in [2.45, 2.75) is 38.6 Å².